The second-order valence-corrected chi connectivity index (χ2v) is 8.50. The molecule has 2 aliphatic rings. The first-order valence-corrected chi connectivity index (χ1v) is 9.89. The molecule has 0 amide bonds. The van der Waals surface area contributed by atoms with Crippen molar-refractivity contribution in [1.29, 1.82) is 0 Å². The van der Waals surface area contributed by atoms with Gasteiger partial charge in [0.2, 0.25) is 0 Å². The molecule has 0 heterocycles. The lowest BCUT2D eigenvalue weighted by Gasteiger charge is -2.42. The number of allylic oxidation sites excluding steroid dienone is 2. The summed E-state index contributed by atoms with van der Waals surface area (Å²) in [7, 11) is 0. The molecule has 0 spiro atoms. The maximum Gasteiger partial charge on any atom is 0.313 e. The van der Waals surface area contributed by atoms with Crippen molar-refractivity contribution in [3.05, 3.63) is 71.8 Å². The number of hydrogen-bond acceptors (Lipinski definition) is 3. The van der Waals surface area contributed by atoms with Crippen LogP contribution in [0, 0.1) is 16.2 Å². The van der Waals surface area contributed by atoms with Crippen LogP contribution in [0.15, 0.2) is 60.7 Å². The van der Waals surface area contributed by atoms with Crippen LogP contribution >= 0.6 is 0 Å². The van der Waals surface area contributed by atoms with Crippen LogP contribution in [-0.4, -0.2) is 18.4 Å². The van der Waals surface area contributed by atoms with Gasteiger partial charge in [-0.3, -0.25) is 9.59 Å². The molecule has 0 saturated heterocycles. The van der Waals surface area contributed by atoms with E-state index in [4.69, 9.17) is 4.74 Å². The minimum absolute atomic E-state index is 0.119. The molecule has 0 unspecified atom stereocenters. The van der Waals surface area contributed by atoms with Crippen molar-refractivity contribution < 1.29 is 14.3 Å². The van der Waals surface area contributed by atoms with Crippen LogP contribution in [0.1, 0.15) is 45.2 Å². The minimum Gasteiger partial charge on any atom is -0.466 e. The summed E-state index contributed by atoms with van der Waals surface area (Å²) in [6.45, 7) is 7.96. The second-order valence-electron chi connectivity index (χ2n) is 8.50. The highest BCUT2D eigenvalue weighted by Gasteiger charge is 2.74. The third kappa shape index (κ3) is 2.16. The molecule has 144 valence electrons. The number of benzene rings is 2. The Morgan fingerprint density at radius 1 is 0.893 bits per heavy atom. The van der Waals surface area contributed by atoms with Crippen LogP contribution < -0.4 is 0 Å². The molecule has 1 saturated carbocycles. The highest BCUT2D eigenvalue weighted by Crippen LogP contribution is 2.73. The molecule has 28 heavy (non-hydrogen) atoms. The monoisotopic (exact) mass is 374 g/mol. The predicted octanol–water partition coefficient (Wildman–Crippen LogP) is 5.17. The standard InChI is InChI=1S/C25H26O3/c1-5-28-22(27)24(3)16-23(2)19(17-12-8-6-9-13-17)20(25(24,4)21(23)26)18-14-10-7-11-15-18/h6-15H,5,16H2,1-4H3/t23-,24+,25+/m0/s1. The Morgan fingerprint density at radius 2 is 1.39 bits per heavy atom. The molecular weight excluding hydrogens is 348 g/mol. The van der Waals surface area contributed by atoms with Gasteiger partial charge in [-0.25, -0.2) is 0 Å². The molecule has 2 bridgehead atoms. The first kappa shape index (κ1) is 18.7. The molecule has 0 aromatic heterocycles. The number of Topliss-reactive ketones (excluding diaryl/α,β-unsaturated/α-hetero) is 1. The summed E-state index contributed by atoms with van der Waals surface area (Å²) in [5.74, 6) is -0.164. The number of carbonyl (C=O) groups is 2. The zero-order valence-electron chi connectivity index (χ0n) is 16.9. The minimum atomic E-state index is -0.930. The maximum absolute atomic E-state index is 13.9. The lowest BCUT2D eigenvalue weighted by molar-refractivity contribution is -0.160. The van der Waals surface area contributed by atoms with Gasteiger partial charge in [0, 0.05) is 0 Å². The summed E-state index contributed by atoms with van der Waals surface area (Å²) < 4.78 is 5.45. The molecular formula is C25H26O3. The first-order chi connectivity index (χ1) is 13.3. The Labute approximate surface area is 166 Å². The maximum atomic E-state index is 13.9. The summed E-state index contributed by atoms with van der Waals surface area (Å²) in [6, 6.07) is 20.1. The Bertz CT molecular complexity index is 975. The number of fused-ring (bicyclic) bond motifs is 2. The van der Waals surface area contributed by atoms with Crippen LogP contribution in [0.2, 0.25) is 0 Å². The Morgan fingerprint density at radius 3 is 1.89 bits per heavy atom. The Balaban J connectivity index is 2.06. The summed E-state index contributed by atoms with van der Waals surface area (Å²) in [5.41, 5.74) is 1.52. The number of rotatable bonds is 4. The Hall–Kier alpha value is -2.68. The quantitative estimate of drug-likeness (QED) is 0.694. The van der Waals surface area contributed by atoms with Gasteiger partial charge in [0.15, 0.2) is 5.78 Å². The van der Waals surface area contributed by atoms with Crippen molar-refractivity contribution in [1.82, 2.24) is 0 Å². The second kappa shape index (κ2) is 6.16. The summed E-state index contributed by atoms with van der Waals surface area (Å²) >= 11 is 0. The van der Waals surface area contributed by atoms with Gasteiger partial charge in [-0.2, -0.15) is 0 Å². The SMILES string of the molecule is CCOC(=O)[C@@]1(C)C[C@]2(C)C(=O)[C@@]1(C)C(c1ccccc1)=C2c1ccccc1. The van der Waals surface area contributed by atoms with Gasteiger partial charge >= 0.3 is 5.97 Å². The van der Waals surface area contributed by atoms with Gasteiger partial charge in [-0.15, -0.1) is 0 Å². The van der Waals surface area contributed by atoms with Crippen molar-refractivity contribution in [2.24, 2.45) is 16.2 Å². The average Bonchev–Trinajstić information content (AvgIpc) is 2.98. The molecule has 2 aromatic rings. The molecule has 3 nitrogen and oxygen atoms in total. The van der Waals surface area contributed by atoms with Gasteiger partial charge in [0.1, 0.15) is 0 Å². The fourth-order valence-electron chi connectivity index (χ4n) is 5.56. The van der Waals surface area contributed by atoms with E-state index in [2.05, 4.69) is 12.1 Å². The van der Waals surface area contributed by atoms with Crippen molar-refractivity contribution in [3.8, 4) is 0 Å². The van der Waals surface area contributed by atoms with Crippen molar-refractivity contribution in [2.75, 3.05) is 6.61 Å². The van der Waals surface area contributed by atoms with E-state index in [1.165, 1.54) is 0 Å². The van der Waals surface area contributed by atoms with E-state index in [0.29, 0.717) is 13.0 Å². The smallest absolute Gasteiger partial charge is 0.313 e. The van der Waals surface area contributed by atoms with Crippen LogP contribution in [0.4, 0.5) is 0 Å². The third-order valence-electron chi connectivity index (χ3n) is 6.92. The lowest BCUT2D eigenvalue weighted by atomic mass is 9.59. The van der Waals surface area contributed by atoms with Gasteiger partial charge in [0.25, 0.3) is 0 Å². The fourth-order valence-corrected chi connectivity index (χ4v) is 5.56. The first-order valence-electron chi connectivity index (χ1n) is 9.89. The highest BCUT2D eigenvalue weighted by molar-refractivity contribution is 6.25. The summed E-state index contributed by atoms with van der Waals surface area (Å²) in [4.78, 5) is 26.9. The highest BCUT2D eigenvalue weighted by atomic mass is 16.5. The molecule has 3 heteroatoms. The average molecular weight is 374 g/mol. The number of carbonyl (C=O) groups excluding carboxylic acids is 2. The zero-order valence-corrected chi connectivity index (χ0v) is 16.9. The summed E-state index contributed by atoms with van der Waals surface area (Å²) in [6.07, 6.45) is 0.467. The van der Waals surface area contributed by atoms with Crippen LogP contribution in [0.3, 0.4) is 0 Å². The number of ether oxygens (including phenoxy) is 1. The van der Waals surface area contributed by atoms with Gasteiger partial charge < -0.3 is 4.74 Å². The molecule has 2 aromatic carbocycles. The van der Waals surface area contributed by atoms with Crippen LogP contribution in [0.25, 0.3) is 11.1 Å². The molecule has 3 atom stereocenters. The lowest BCUT2D eigenvalue weighted by Crippen LogP contribution is -2.44. The Kier molecular flexibility index (Phi) is 4.11. The zero-order chi connectivity index (χ0) is 20.2. The van der Waals surface area contributed by atoms with Crippen molar-refractivity contribution in [2.45, 2.75) is 34.1 Å². The van der Waals surface area contributed by atoms with Gasteiger partial charge in [0.05, 0.1) is 22.9 Å². The largest absolute Gasteiger partial charge is 0.466 e. The normalized spacial score (nSPS) is 31.4. The van der Waals surface area contributed by atoms with Crippen molar-refractivity contribution in [3.63, 3.8) is 0 Å². The number of ketones is 1. The van der Waals surface area contributed by atoms with E-state index in [1.807, 2.05) is 76.2 Å². The van der Waals surface area contributed by atoms with E-state index in [1.54, 1.807) is 0 Å². The van der Waals surface area contributed by atoms with Gasteiger partial charge in [-0.05, 0) is 56.4 Å². The molecule has 0 radical (unpaired) electrons. The molecule has 2 aliphatic carbocycles. The van der Waals surface area contributed by atoms with Crippen LogP contribution in [0.5, 0.6) is 0 Å². The molecule has 1 fully saturated rings. The number of hydrogen-bond donors (Lipinski definition) is 0. The van der Waals surface area contributed by atoms with Crippen molar-refractivity contribution >= 4 is 22.9 Å². The summed E-state index contributed by atoms with van der Waals surface area (Å²) in [5, 5.41) is 0. The van der Waals surface area contributed by atoms with E-state index >= 15 is 0 Å². The molecule has 0 N–H and O–H groups in total. The third-order valence-corrected chi connectivity index (χ3v) is 6.92. The van der Waals surface area contributed by atoms with Gasteiger partial charge in [-0.1, -0.05) is 60.7 Å². The molecule has 0 aliphatic heterocycles. The predicted molar refractivity (Wildman–Crippen MR) is 110 cm³/mol. The molecule has 4 rings (SSSR count). The van der Waals surface area contributed by atoms with E-state index in [9.17, 15) is 9.59 Å². The number of esters is 1. The van der Waals surface area contributed by atoms with Crippen LogP contribution in [-0.2, 0) is 14.3 Å². The van der Waals surface area contributed by atoms with E-state index in [0.717, 1.165) is 22.3 Å². The topological polar surface area (TPSA) is 43.4 Å². The van der Waals surface area contributed by atoms with E-state index in [-0.39, 0.29) is 11.8 Å². The fraction of sp³-hybridized carbons (Fsp3) is 0.360. The van der Waals surface area contributed by atoms with E-state index < -0.39 is 16.2 Å².